The number of aliphatic carboxylic acids is 1. The number of carbonyl (C=O) groups is 2. The van der Waals surface area contributed by atoms with Gasteiger partial charge in [-0.2, -0.15) is 0 Å². The van der Waals surface area contributed by atoms with Crippen LogP contribution in [0.25, 0.3) is 0 Å². The van der Waals surface area contributed by atoms with Crippen LogP contribution in [-0.4, -0.2) is 22.6 Å². The second kappa shape index (κ2) is 4.66. The molecule has 2 fully saturated rings. The van der Waals surface area contributed by atoms with Gasteiger partial charge in [-0.05, 0) is 38.5 Å². The number of carbonyl (C=O) groups excluding carboxylic acids is 1. The number of ether oxygens (including phenoxy) is 1. The molecule has 0 radical (unpaired) electrons. The van der Waals surface area contributed by atoms with Gasteiger partial charge in [-0.25, -0.2) is 4.79 Å². The smallest absolute Gasteiger partial charge is 0.333 e. The second-order valence-corrected chi connectivity index (χ2v) is 6.19. The molecule has 4 heteroatoms. The van der Waals surface area contributed by atoms with E-state index in [0.717, 1.165) is 12.8 Å². The van der Waals surface area contributed by atoms with E-state index < -0.39 is 17.0 Å². The largest absolute Gasteiger partial charge is 0.481 e. The molecule has 19 heavy (non-hydrogen) atoms. The lowest BCUT2D eigenvalue weighted by Crippen LogP contribution is -2.38. The Hall–Kier alpha value is -1.32. The van der Waals surface area contributed by atoms with Crippen molar-refractivity contribution in [1.29, 1.82) is 0 Å². The molecule has 3 atom stereocenters. The highest BCUT2D eigenvalue weighted by atomic mass is 16.6. The minimum Gasteiger partial charge on any atom is -0.481 e. The average Bonchev–Trinajstić information content (AvgIpc) is 2.83. The molecule has 0 spiro atoms. The lowest BCUT2D eigenvalue weighted by Gasteiger charge is -2.35. The molecule has 0 aromatic carbocycles. The second-order valence-electron chi connectivity index (χ2n) is 6.19. The Morgan fingerprint density at radius 1 is 1.42 bits per heavy atom. The van der Waals surface area contributed by atoms with Crippen LogP contribution in [0.3, 0.4) is 0 Å². The number of esters is 1. The highest BCUT2D eigenvalue weighted by molar-refractivity contribution is 5.87. The van der Waals surface area contributed by atoms with Gasteiger partial charge >= 0.3 is 11.9 Å². The maximum Gasteiger partial charge on any atom is 0.333 e. The minimum atomic E-state index is -0.737. The van der Waals surface area contributed by atoms with Crippen molar-refractivity contribution in [2.75, 3.05) is 0 Å². The zero-order valence-electron chi connectivity index (χ0n) is 11.7. The maximum atomic E-state index is 11.8. The fourth-order valence-electron chi connectivity index (χ4n) is 3.81. The molecule has 3 unspecified atom stereocenters. The molecular formula is C15H22O4. The van der Waals surface area contributed by atoms with E-state index in [4.69, 9.17) is 4.74 Å². The highest BCUT2D eigenvalue weighted by Crippen LogP contribution is 2.62. The first-order chi connectivity index (χ1) is 8.85. The number of fused-ring (bicyclic) bond motifs is 2. The SMILES string of the molecule is C=C(C)C(=O)OC12CCC(C(=O)O)(CC1CCC)C2. The molecule has 4 nitrogen and oxygen atoms in total. The molecule has 106 valence electrons. The van der Waals surface area contributed by atoms with Gasteiger partial charge in [-0.3, -0.25) is 4.79 Å². The number of hydrogen-bond acceptors (Lipinski definition) is 3. The van der Waals surface area contributed by atoms with Crippen LogP contribution in [0.1, 0.15) is 52.4 Å². The predicted molar refractivity (Wildman–Crippen MR) is 70.6 cm³/mol. The lowest BCUT2D eigenvalue weighted by atomic mass is 9.77. The monoisotopic (exact) mass is 266 g/mol. The van der Waals surface area contributed by atoms with E-state index in [1.165, 1.54) is 0 Å². The fraction of sp³-hybridized carbons (Fsp3) is 0.733. The van der Waals surface area contributed by atoms with Gasteiger partial charge in [0.25, 0.3) is 0 Å². The Bertz CT molecular complexity index is 428. The molecule has 2 saturated carbocycles. The van der Waals surface area contributed by atoms with Gasteiger partial charge in [0.2, 0.25) is 0 Å². The molecule has 2 aliphatic rings. The first-order valence-electron chi connectivity index (χ1n) is 6.97. The van der Waals surface area contributed by atoms with Gasteiger partial charge in [0.15, 0.2) is 0 Å². The van der Waals surface area contributed by atoms with Crippen molar-refractivity contribution in [1.82, 2.24) is 0 Å². The van der Waals surface area contributed by atoms with E-state index in [1.54, 1.807) is 6.92 Å². The average molecular weight is 266 g/mol. The highest BCUT2D eigenvalue weighted by Gasteiger charge is 2.65. The topological polar surface area (TPSA) is 63.6 Å². The molecule has 0 aromatic rings. The number of hydrogen-bond donors (Lipinski definition) is 1. The summed E-state index contributed by atoms with van der Waals surface area (Å²) in [7, 11) is 0. The van der Waals surface area contributed by atoms with Gasteiger partial charge in [-0.1, -0.05) is 19.9 Å². The molecule has 0 heterocycles. The van der Waals surface area contributed by atoms with Crippen molar-refractivity contribution >= 4 is 11.9 Å². The first-order valence-corrected chi connectivity index (χ1v) is 6.97. The van der Waals surface area contributed by atoms with E-state index in [9.17, 15) is 14.7 Å². The molecule has 2 bridgehead atoms. The van der Waals surface area contributed by atoms with Gasteiger partial charge in [0, 0.05) is 12.0 Å². The van der Waals surface area contributed by atoms with Crippen molar-refractivity contribution in [3.8, 4) is 0 Å². The van der Waals surface area contributed by atoms with Crippen LogP contribution in [0.4, 0.5) is 0 Å². The molecule has 0 saturated heterocycles. The predicted octanol–water partition coefficient (Wildman–Crippen LogP) is 2.92. The van der Waals surface area contributed by atoms with Crippen LogP contribution >= 0.6 is 0 Å². The van der Waals surface area contributed by atoms with Crippen LogP contribution in [0.2, 0.25) is 0 Å². The van der Waals surface area contributed by atoms with Crippen LogP contribution in [0.5, 0.6) is 0 Å². The summed E-state index contributed by atoms with van der Waals surface area (Å²) in [6, 6.07) is 0. The van der Waals surface area contributed by atoms with Gasteiger partial charge in [0.1, 0.15) is 5.60 Å². The Kier molecular flexibility index (Phi) is 3.45. The zero-order chi connectivity index (χ0) is 14.3. The first kappa shape index (κ1) is 14.1. The summed E-state index contributed by atoms with van der Waals surface area (Å²) >= 11 is 0. The Morgan fingerprint density at radius 2 is 2.11 bits per heavy atom. The molecular weight excluding hydrogens is 244 g/mol. The van der Waals surface area contributed by atoms with Crippen LogP contribution in [0.15, 0.2) is 12.2 Å². The summed E-state index contributed by atoms with van der Waals surface area (Å²) < 4.78 is 5.69. The quantitative estimate of drug-likeness (QED) is 0.614. The van der Waals surface area contributed by atoms with Crippen molar-refractivity contribution in [3.05, 3.63) is 12.2 Å². The van der Waals surface area contributed by atoms with Gasteiger partial charge in [0.05, 0.1) is 5.41 Å². The Balaban J connectivity index is 2.24. The summed E-state index contributed by atoms with van der Waals surface area (Å²) in [5.74, 6) is -0.950. The lowest BCUT2D eigenvalue weighted by molar-refractivity contribution is -0.159. The van der Waals surface area contributed by atoms with Crippen molar-refractivity contribution in [3.63, 3.8) is 0 Å². The number of carboxylic acids is 1. The van der Waals surface area contributed by atoms with Crippen molar-refractivity contribution in [2.24, 2.45) is 11.3 Å². The molecule has 0 aromatic heterocycles. The normalized spacial score (nSPS) is 36.2. The number of rotatable bonds is 5. The summed E-state index contributed by atoms with van der Waals surface area (Å²) in [5.41, 5.74) is -0.857. The molecule has 1 N–H and O–H groups in total. The molecule has 2 aliphatic carbocycles. The third-order valence-corrected chi connectivity index (χ3v) is 4.78. The standard InChI is InChI=1S/C15H22O4/c1-4-5-11-8-14(13(17)18)6-7-15(11,9-14)19-12(16)10(2)3/h11H,2,4-9H2,1,3H3,(H,17,18). The summed E-state index contributed by atoms with van der Waals surface area (Å²) in [4.78, 5) is 23.4. The summed E-state index contributed by atoms with van der Waals surface area (Å²) in [5, 5.41) is 9.48. The summed E-state index contributed by atoms with van der Waals surface area (Å²) in [6.07, 6.45) is 4.29. The van der Waals surface area contributed by atoms with Crippen molar-refractivity contribution < 1.29 is 19.4 Å². The Labute approximate surface area is 113 Å². The fourth-order valence-corrected chi connectivity index (χ4v) is 3.81. The van der Waals surface area contributed by atoms with Crippen molar-refractivity contribution in [2.45, 2.75) is 58.0 Å². The maximum absolute atomic E-state index is 11.8. The van der Waals surface area contributed by atoms with Crippen LogP contribution in [-0.2, 0) is 14.3 Å². The third kappa shape index (κ3) is 2.17. The number of carboxylic acid groups (broad SMARTS) is 1. The van der Waals surface area contributed by atoms with Gasteiger partial charge < -0.3 is 9.84 Å². The third-order valence-electron chi connectivity index (χ3n) is 4.78. The molecule has 0 aliphatic heterocycles. The molecule has 0 amide bonds. The van der Waals surface area contributed by atoms with Gasteiger partial charge in [-0.15, -0.1) is 0 Å². The summed E-state index contributed by atoms with van der Waals surface area (Å²) in [6.45, 7) is 7.31. The van der Waals surface area contributed by atoms with E-state index in [1.807, 2.05) is 0 Å². The van der Waals surface area contributed by atoms with E-state index in [2.05, 4.69) is 13.5 Å². The minimum absolute atomic E-state index is 0.172. The van der Waals surface area contributed by atoms with Crippen LogP contribution < -0.4 is 0 Å². The van der Waals surface area contributed by atoms with E-state index in [-0.39, 0.29) is 11.9 Å². The Morgan fingerprint density at radius 3 is 2.63 bits per heavy atom. The van der Waals surface area contributed by atoms with E-state index in [0.29, 0.717) is 31.3 Å². The molecule has 2 rings (SSSR count). The zero-order valence-corrected chi connectivity index (χ0v) is 11.7. The van der Waals surface area contributed by atoms with Crippen LogP contribution in [0, 0.1) is 11.3 Å². The van der Waals surface area contributed by atoms with E-state index >= 15 is 0 Å².